The molecule has 2 aromatic carbocycles. The fourth-order valence-electron chi connectivity index (χ4n) is 2.25. The highest BCUT2D eigenvalue weighted by molar-refractivity contribution is 6.33. The number of carboxylic acid groups (broad SMARTS) is 1. The lowest BCUT2D eigenvalue weighted by molar-refractivity contribution is 0.0697. The molecule has 0 aliphatic rings. The van der Waals surface area contributed by atoms with Crippen molar-refractivity contribution < 1.29 is 9.90 Å². The standard InChI is InChI=1S/C16H13ClN4O3.ClH/c17-13-6-1-9(8-18)7-12(13)14-19-16(24)21(20-14)11-4-2-10(3-5-11)15(22)23;/h1-7H,8,18H2,(H,22,23)(H,19,20,24);1H. The van der Waals surface area contributed by atoms with E-state index in [4.69, 9.17) is 22.4 Å². The molecule has 3 rings (SSSR count). The summed E-state index contributed by atoms with van der Waals surface area (Å²) in [5.41, 5.74) is 7.16. The largest absolute Gasteiger partial charge is 0.478 e. The van der Waals surface area contributed by atoms with Crippen LogP contribution in [0.3, 0.4) is 0 Å². The molecule has 0 spiro atoms. The van der Waals surface area contributed by atoms with Gasteiger partial charge in [0.2, 0.25) is 0 Å². The molecule has 4 N–H and O–H groups in total. The molecule has 9 heteroatoms. The van der Waals surface area contributed by atoms with E-state index < -0.39 is 11.7 Å². The maximum Gasteiger partial charge on any atom is 0.348 e. The van der Waals surface area contributed by atoms with Crippen molar-refractivity contribution in [1.82, 2.24) is 14.8 Å². The van der Waals surface area contributed by atoms with Crippen molar-refractivity contribution in [1.29, 1.82) is 0 Å². The van der Waals surface area contributed by atoms with Crippen LogP contribution in [0.25, 0.3) is 17.1 Å². The predicted octanol–water partition coefficient (Wildman–Crippen LogP) is 2.46. The summed E-state index contributed by atoms with van der Waals surface area (Å²) >= 11 is 6.17. The number of aromatic amines is 1. The van der Waals surface area contributed by atoms with Crippen molar-refractivity contribution >= 4 is 30.0 Å². The summed E-state index contributed by atoms with van der Waals surface area (Å²) in [6.45, 7) is 0.339. The second kappa shape index (κ2) is 7.52. The molecule has 0 aliphatic carbocycles. The maximum absolute atomic E-state index is 12.2. The Morgan fingerprint density at radius 1 is 1.24 bits per heavy atom. The summed E-state index contributed by atoms with van der Waals surface area (Å²) in [5, 5.41) is 13.6. The van der Waals surface area contributed by atoms with Gasteiger partial charge in [-0.05, 0) is 42.0 Å². The number of aromatic nitrogens is 3. The average Bonchev–Trinajstić information content (AvgIpc) is 2.97. The van der Waals surface area contributed by atoms with Gasteiger partial charge in [-0.25, -0.2) is 9.59 Å². The molecule has 0 saturated heterocycles. The molecule has 1 heterocycles. The van der Waals surface area contributed by atoms with Gasteiger partial charge in [-0.2, -0.15) is 4.68 Å². The van der Waals surface area contributed by atoms with Gasteiger partial charge in [0, 0.05) is 12.1 Å². The van der Waals surface area contributed by atoms with Crippen LogP contribution in [0, 0.1) is 0 Å². The van der Waals surface area contributed by atoms with E-state index in [1.807, 2.05) is 0 Å². The lowest BCUT2D eigenvalue weighted by Gasteiger charge is -2.03. The van der Waals surface area contributed by atoms with Gasteiger partial charge in [0.15, 0.2) is 5.82 Å². The first-order chi connectivity index (χ1) is 11.5. The summed E-state index contributed by atoms with van der Waals surface area (Å²) < 4.78 is 1.15. The molecule has 7 nitrogen and oxygen atoms in total. The van der Waals surface area contributed by atoms with Gasteiger partial charge in [-0.15, -0.1) is 17.5 Å². The Hall–Kier alpha value is -2.61. The van der Waals surface area contributed by atoms with Gasteiger partial charge in [0.25, 0.3) is 0 Å². The van der Waals surface area contributed by atoms with Crippen molar-refractivity contribution in [3.63, 3.8) is 0 Å². The number of nitrogens with zero attached hydrogens (tertiary/aromatic N) is 2. The molecule has 0 amide bonds. The number of carboxylic acids is 1. The number of aromatic carboxylic acids is 1. The normalized spacial score (nSPS) is 10.3. The maximum atomic E-state index is 12.2. The minimum atomic E-state index is -1.04. The number of nitrogens with two attached hydrogens (primary N) is 1. The lowest BCUT2D eigenvalue weighted by Crippen LogP contribution is -2.15. The Morgan fingerprint density at radius 2 is 1.92 bits per heavy atom. The lowest BCUT2D eigenvalue weighted by atomic mass is 10.1. The Bertz CT molecular complexity index is 964. The van der Waals surface area contributed by atoms with Gasteiger partial charge in [-0.3, -0.25) is 4.98 Å². The minimum absolute atomic E-state index is 0. The quantitative estimate of drug-likeness (QED) is 0.642. The number of hydrogen-bond donors (Lipinski definition) is 3. The number of hydrogen-bond acceptors (Lipinski definition) is 4. The second-order valence-electron chi connectivity index (χ2n) is 5.06. The highest BCUT2D eigenvalue weighted by atomic mass is 35.5. The zero-order valence-corrected chi connectivity index (χ0v) is 14.3. The van der Waals surface area contributed by atoms with Crippen LogP contribution in [0.1, 0.15) is 15.9 Å². The number of carbonyl (C=O) groups is 1. The highest BCUT2D eigenvalue weighted by Gasteiger charge is 2.13. The van der Waals surface area contributed by atoms with Gasteiger partial charge in [-0.1, -0.05) is 17.7 Å². The van der Waals surface area contributed by atoms with E-state index in [0.717, 1.165) is 10.2 Å². The monoisotopic (exact) mass is 380 g/mol. The van der Waals surface area contributed by atoms with Crippen LogP contribution in [-0.4, -0.2) is 25.8 Å². The topological polar surface area (TPSA) is 114 Å². The van der Waals surface area contributed by atoms with Crippen LogP contribution in [0.2, 0.25) is 5.02 Å². The van der Waals surface area contributed by atoms with Crippen LogP contribution in [0.15, 0.2) is 47.3 Å². The highest BCUT2D eigenvalue weighted by Crippen LogP contribution is 2.25. The van der Waals surface area contributed by atoms with Gasteiger partial charge in [0.05, 0.1) is 16.3 Å². The Morgan fingerprint density at radius 3 is 2.52 bits per heavy atom. The van der Waals surface area contributed by atoms with Crippen molar-refractivity contribution in [2.45, 2.75) is 6.54 Å². The third-order valence-corrected chi connectivity index (χ3v) is 3.83. The molecular formula is C16H14Cl2N4O3. The van der Waals surface area contributed by atoms with Crippen molar-refractivity contribution in [3.8, 4) is 17.1 Å². The summed E-state index contributed by atoms with van der Waals surface area (Å²) in [6, 6.07) is 11.1. The van der Waals surface area contributed by atoms with Gasteiger partial charge >= 0.3 is 11.7 Å². The number of benzene rings is 2. The Labute approximate surface area is 153 Å². The third kappa shape index (κ3) is 3.74. The van der Waals surface area contributed by atoms with Crippen LogP contribution in [0.5, 0.6) is 0 Å². The number of H-pyrrole nitrogens is 1. The molecule has 130 valence electrons. The summed E-state index contributed by atoms with van der Waals surface area (Å²) in [5.74, 6) is -0.732. The predicted molar refractivity (Wildman–Crippen MR) is 96.7 cm³/mol. The van der Waals surface area contributed by atoms with Gasteiger partial charge in [0.1, 0.15) is 0 Å². The van der Waals surface area contributed by atoms with E-state index in [1.165, 1.54) is 24.3 Å². The molecule has 0 aliphatic heterocycles. The molecule has 0 radical (unpaired) electrons. The van der Waals surface area contributed by atoms with Crippen molar-refractivity contribution in [2.24, 2.45) is 5.73 Å². The summed E-state index contributed by atoms with van der Waals surface area (Å²) in [7, 11) is 0. The third-order valence-electron chi connectivity index (χ3n) is 3.50. The zero-order chi connectivity index (χ0) is 17.3. The molecule has 25 heavy (non-hydrogen) atoms. The molecular weight excluding hydrogens is 367 g/mol. The Kier molecular flexibility index (Phi) is 5.63. The van der Waals surface area contributed by atoms with Crippen LogP contribution < -0.4 is 11.4 Å². The van der Waals surface area contributed by atoms with E-state index in [2.05, 4.69) is 10.1 Å². The first-order valence-electron chi connectivity index (χ1n) is 7.01. The van der Waals surface area contributed by atoms with Gasteiger partial charge < -0.3 is 10.8 Å². The fourth-order valence-corrected chi connectivity index (χ4v) is 2.45. The van der Waals surface area contributed by atoms with E-state index in [-0.39, 0.29) is 18.0 Å². The number of rotatable bonds is 4. The second-order valence-corrected chi connectivity index (χ2v) is 5.47. The smallest absolute Gasteiger partial charge is 0.348 e. The van der Waals surface area contributed by atoms with E-state index in [0.29, 0.717) is 28.6 Å². The first-order valence-corrected chi connectivity index (χ1v) is 7.39. The van der Waals surface area contributed by atoms with Crippen LogP contribution >= 0.6 is 24.0 Å². The van der Waals surface area contributed by atoms with Crippen LogP contribution in [0.4, 0.5) is 0 Å². The fraction of sp³-hybridized carbons (Fsp3) is 0.0625. The first kappa shape index (κ1) is 18.7. The van der Waals surface area contributed by atoms with Crippen molar-refractivity contribution in [3.05, 3.63) is 69.1 Å². The molecule has 0 unspecified atom stereocenters. The Balaban J connectivity index is 0.00000225. The SMILES string of the molecule is Cl.NCc1ccc(Cl)c(-c2nn(-c3ccc(C(=O)O)cc3)c(=O)[nH]2)c1. The molecule has 1 aromatic heterocycles. The number of nitrogens with one attached hydrogen (secondary N) is 1. The molecule has 0 bridgehead atoms. The number of halogens is 2. The summed E-state index contributed by atoms with van der Waals surface area (Å²) in [6.07, 6.45) is 0. The minimum Gasteiger partial charge on any atom is -0.478 e. The van der Waals surface area contributed by atoms with E-state index in [9.17, 15) is 9.59 Å². The van der Waals surface area contributed by atoms with Crippen molar-refractivity contribution in [2.75, 3.05) is 0 Å². The van der Waals surface area contributed by atoms with E-state index in [1.54, 1.807) is 18.2 Å². The summed E-state index contributed by atoms with van der Waals surface area (Å²) in [4.78, 5) is 25.7. The average molecular weight is 381 g/mol. The molecule has 0 atom stereocenters. The molecule has 0 saturated carbocycles. The zero-order valence-electron chi connectivity index (χ0n) is 12.8. The van der Waals surface area contributed by atoms with Crippen LogP contribution in [-0.2, 0) is 6.54 Å². The molecule has 0 fully saturated rings. The van der Waals surface area contributed by atoms with E-state index >= 15 is 0 Å². The molecule has 3 aromatic rings.